The van der Waals surface area contributed by atoms with Gasteiger partial charge in [-0.2, -0.15) is 0 Å². The van der Waals surface area contributed by atoms with Crippen molar-refractivity contribution in [1.82, 2.24) is 0 Å². The van der Waals surface area contributed by atoms with Crippen molar-refractivity contribution in [2.75, 3.05) is 0 Å². The van der Waals surface area contributed by atoms with Gasteiger partial charge >= 0.3 is 5.97 Å². The number of ether oxygens (including phenoxy) is 1. The molecule has 0 aliphatic carbocycles. The van der Waals surface area contributed by atoms with Crippen LogP contribution in [-0.4, -0.2) is 18.4 Å². The highest BCUT2D eigenvalue weighted by Gasteiger charge is 2.13. The van der Waals surface area contributed by atoms with Crippen molar-refractivity contribution >= 4 is 12.3 Å². The van der Waals surface area contributed by atoms with Gasteiger partial charge in [0, 0.05) is 6.42 Å². The number of carbonyl (C=O) groups excluding carboxylic acids is 2. The second-order valence-corrected chi connectivity index (χ2v) is 10.1. The summed E-state index contributed by atoms with van der Waals surface area (Å²) in [5.74, 6) is -0.224. The standard InChI is InChI=1S/C30H57O3/c1-3-5-7-9-11-13-14-15-16-17-18-19-21-23-25-27-30(32)33-29(28-31)26-24-22-20-12-10-8-6-4-2/h29H,3-27H2,1-2H3. The average Bonchev–Trinajstić information content (AvgIpc) is 2.82. The van der Waals surface area contributed by atoms with Crippen LogP contribution in [0.15, 0.2) is 0 Å². The molecule has 0 aliphatic heterocycles. The van der Waals surface area contributed by atoms with Crippen molar-refractivity contribution in [3.8, 4) is 0 Å². The molecule has 0 saturated heterocycles. The molecule has 1 radical (unpaired) electrons. The van der Waals surface area contributed by atoms with Crippen LogP contribution in [0.3, 0.4) is 0 Å². The molecular formula is C30H57O3. The summed E-state index contributed by atoms with van der Waals surface area (Å²) < 4.78 is 5.32. The Bertz CT molecular complexity index is 407. The molecule has 0 heterocycles. The molecule has 0 aliphatic rings. The molecule has 1 atom stereocenters. The van der Waals surface area contributed by atoms with Crippen LogP contribution in [-0.2, 0) is 14.3 Å². The number of hydrogen-bond acceptors (Lipinski definition) is 3. The third-order valence-electron chi connectivity index (χ3n) is 6.71. The van der Waals surface area contributed by atoms with E-state index in [1.807, 2.05) is 6.29 Å². The highest BCUT2D eigenvalue weighted by molar-refractivity contribution is 5.72. The monoisotopic (exact) mass is 465 g/mol. The minimum atomic E-state index is -0.658. The molecule has 0 fully saturated rings. The Balaban J connectivity index is 3.40. The van der Waals surface area contributed by atoms with Gasteiger partial charge < -0.3 is 4.74 Å². The second kappa shape index (κ2) is 27.4. The summed E-state index contributed by atoms with van der Waals surface area (Å²) >= 11 is 0. The largest absolute Gasteiger partial charge is 0.454 e. The number of unbranched alkanes of at least 4 members (excludes halogenated alkanes) is 21. The fraction of sp³-hybridized carbons (Fsp3) is 0.933. The van der Waals surface area contributed by atoms with Crippen molar-refractivity contribution in [3.05, 3.63) is 0 Å². The Labute approximate surface area is 207 Å². The molecule has 0 aromatic heterocycles. The normalized spacial score (nSPS) is 12.1. The van der Waals surface area contributed by atoms with Crippen molar-refractivity contribution in [2.24, 2.45) is 0 Å². The van der Waals surface area contributed by atoms with E-state index in [0.29, 0.717) is 12.8 Å². The lowest BCUT2D eigenvalue weighted by molar-refractivity contribution is -0.146. The number of rotatable bonds is 27. The molecule has 0 amide bonds. The quantitative estimate of drug-likeness (QED) is 0.0895. The third-order valence-corrected chi connectivity index (χ3v) is 6.71. The van der Waals surface area contributed by atoms with Crippen molar-refractivity contribution in [3.63, 3.8) is 0 Å². The zero-order chi connectivity index (χ0) is 24.2. The summed E-state index contributed by atoms with van der Waals surface area (Å²) in [6.07, 6.45) is 31.8. The highest BCUT2D eigenvalue weighted by atomic mass is 16.5. The van der Waals surface area contributed by atoms with Gasteiger partial charge in [-0.3, -0.25) is 9.59 Å². The molecule has 0 aromatic carbocycles. The lowest BCUT2D eigenvalue weighted by Crippen LogP contribution is -2.19. The van der Waals surface area contributed by atoms with Crippen LogP contribution < -0.4 is 0 Å². The molecule has 0 rings (SSSR count). The van der Waals surface area contributed by atoms with E-state index in [1.54, 1.807) is 0 Å². The lowest BCUT2D eigenvalue weighted by Gasteiger charge is -2.11. The van der Waals surface area contributed by atoms with E-state index in [-0.39, 0.29) is 5.97 Å². The average molecular weight is 466 g/mol. The van der Waals surface area contributed by atoms with E-state index in [1.165, 1.54) is 122 Å². The maximum Gasteiger partial charge on any atom is 0.306 e. The van der Waals surface area contributed by atoms with E-state index in [2.05, 4.69) is 13.8 Å². The topological polar surface area (TPSA) is 43.4 Å². The Morgan fingerprint density at radius 1 is 0.545 bits per heavy atom. The molecule has 195 valence electrons. The van der Waals surface area contributed by atoms with Gasteiger partial charge in [0.25, 0.3) is 0 Å². The molecule has 0 spiro atoms. The van der Waals surface area contributed by atoms with Crippen molar-refractivity contribution < 1.29 is 14.3 Å². The van der Waals surface area contributed by atoms with Crippen molar-refractivity contribution in [2.45, 2.75) is 180 Å². The first-order valence-electron chi connectivity index (χ1n) is 14.8. The number of carbonyl (C=O) groups is 1. The van der Waals surface area contributed by atoms with Crippen LogP contribution >= 0.6 is 0 Å². The number of esters is 1. The summed E-state index contributed by atoms with van der Waals surface area (Å²) in [6.45, 7) is 4.51. The molecule has 33 heavy (non-hydrogen) atoms. The molecular weight excluding hydrogens is 408 g/mol. The zero-order valence-corrected chi connectivity index (χ0v) is 22.5. The Morgan fingerprint density at radius 2 is 0.879 bits per heavy atom. The van der Waals surface area contributed by atoms with Gasteiger partial charge in [0.05, 0.1) is 0 Å². The minimum Gasteiger partial charge on any atom is -0.454 e. The summed E-state index contributed by atoms with van der Waals surface area (Å²) in [4.78, 5) is 23.1. The van der Waals surface area contributed by atoms with Gasteiger partial charge in [-0.25, -0.2) is 0 Å². The fourth-order valence-electron chi connectivity index (χ4n) is 4.46. The van der Waals surface area contributed by atoms with Crippen LogP contribution in [0.5, 0.6) is 0 Å². The van der Waals surface area contributed by atoms with Gasteiger partial charge in [0.1, 0.15) is 0 Å². The zero-order valence-electron chi connectivity index (χ0n) is 22.5. The summed E-state index contributed by atoms with van der Waals surface area (Å²) in [6, 6.07) is 0. The van der Waals surface area contributed by atoms with E-state index in [4.69, 9.17) is 4.74 Å². The smallest absolute Gasteiger partial charge is 0.306 e. The minimum absolute atomic E-state index is 0.224. The van der Waals surface area contributed by atoms with Gasteiger partial charge in [0.2, 0.25) is 6.29 Å². The molecule has 0 aromatic rings. The summed E-state index contributed by atoms with van der Waals surface area (Å²) in [5.41, 5.74) is 0. The van der Waals surface area contributed by atoms with Crippen LogP contribution in [0.1, 0.15) is 174 Å². The third kappa shape index (κ3) is 25.6. The molecule has 1 unspecified atom stereocenters. The van der Waals surface area contributed by atoms with Crippen LogP contribution in [0.4, 0.5) is 0 Å². The van der Waals surface area contributed by atoms with Gasteiger partial charge in [-0.15, -0.1) is 0 Å². The first-order valence-corrected chi connectivity index (χ1v) is 14.8. The van der Waals surface area contributed by atoms with Crippen LogP contribution in [0, 0.1) is 0 Å². The van der Waals surface area contributed by atoms with E-state index in [0.717, 1.165) is 25.7 Å². The first-order chi connectivity index (χ1) is 16.2. The van der Waals surface area contributed by atoms with E-state index >= 15 is 0 Å². The maximum atomic E-state index is 12.0. The molecule has 0 saturated carbocycles. The number of hydrogen-bond donors (Lipinski definition) is 0. The first kappa shape index (κ1) is 32.1. The van der Waals surface area contributed by atoms with Crippen molar-refractivity contribution in [1.29, 1.82) is 0 Å². The van der Waals surface area contributed by atoms with Crippen LogP contribution in [0.2, 0.25) is 0 Å². The SMILES string of the molecule is CCCCCCCCCCCCCCCCCC(=O)OC([C]=O)CCCCCCCCCC. The molecule has 3 heteroatoms. The highest BCUT2D eigenvalue weighted by Crippen LogP contribution is 2.15. The van der Waals surface area contributed by atoms with E-state index < -0.39 is 6.10 Å². The van der Waals surface area contributed by atoms with Crippen LogP contribution in [0.25, 0.3) is 0 Å². The van der Waals surface area contributed by atoms with Gasteiger partial charge in [0.15, 0.2) is 6.10 Å². The predicted molar refractivity (Wildman–Crippen MR) is 142 cm³/mol. The van der Waals surface area contributed by atoms with E-state index in [9.17, 15) is 9.59 Å². The molecule has 0 N–H and O–H groups in total. The second-order valence-electron chi connectivity index (χ2n) is 10.1. The lowest BCUT2D eigenvalue weighted by atomic mass is 10.0. The Morgan fingerprint density at radius 3 is 1.24 bits per heavy atom. The Kier molecular flexibility index (Phi) is 26.7. The fourth-order valence-corrected chi connectivity index (χ4v) is 4.46. The summed E-state index contributed by atoms with van der Waals surface area (Å²) in [5, 5.41) is 0. The maximum absolute atomic E-state index is 12.0. The Hall–Kier alpha value is -0.860. The van der Waals surface area contributed by atoms with Gasteiger partial charge in [-0.05, 0) is 19.3 Å². The molecule has 0 bridgehead atoms. The predicted octanol–water partition coefficient (Wildman–Crippen LogP) is 9.80. The molecule has 3 nitrogen and oxygen atoms in total. The van der Waals surface area contributed by atoms with Gasteiger partial charge in [-0.1, -0.05) is 149 Å². The summed E-state index contributed by atoms with van der Waals surface area (Å²) in [7, 11) is 0.